The van der Waals surface area contributed by atoms with E-state index in [0.717, 1.165) is 48.0 Å². The lowest BCUT2D eigenvalue weighted by atomic mass is 9.40. The first-order chi connectivity index (χ1) is 17.1. The van der Waals surface area contributed by atoms with Crippen LogP contribution in [0.4, 0.5) is 0 Å². The number of aliphatic hydroxyl groups is 1. The molecule has 7 saturated carbocycles. The second kappa shape index (κ2) is 5.69. The molecule has 2 bridgehead atoms. The van der Waals surface area contributed by atoms with Crippen molar-refractivity contribution >= 4 is 0 Å². The maximum Gasteiger partial charge on any atom is 0.165 e. The van der Waals surface area contributed by atoms with E-state index in [2.05, 4.69) is 39.8 Å². The zero-order valence-electron chi connectivity index (χ0n) is 22.8. The summed E-state index contributed by atoms with van der Waals surface area (Å²) in [6.45, 7) is 8.71. The zero-order chi connectivity index (χ0) is 24.8. The van der Waals surface area contributed by atoms with Gasteiger partial charge in [0.15, 0.2) is 11.5 Å². The molecule has 0 radical (unpaired) electrons. The quantitative estimate of drug-likeness (QED) is 0.572. The molecule has 11 atom stereocenters. The molecule has 1 aromatic rings. The van der Waals surface area contributed by atoms with Crippen molar-refractivity contribution in [2.45, 2.75) is 95.9 Å². The Hall–Kier alpha value is -1.26. The Bertz CT molecular complexity index is 1230. The van der Waals surface area contributed by atoms with E-state index in [-0.39, 0.29) is 28.3 Å². The van der Waals surface area contributed by atoms with Gasteiger partial charge in [0.1, 0.15) is 11.7 Å². The molecular formula is C32H42O4. The Morgan fingerprint density at radius 1 is 1.08 bits per heavy atom. The normalized spacial score (nSPS) is 53.2. The molecule has 4 heteroatoms. The van der Waals surface area contributed by atoms with Crippen LogP contribution in [-0.4, -0.2) is 36.6 Å². The van der Waals surface area contributed by atoms with Crippen LogP contribution in [0, 0.1) is 51.2 Å². The molecular weight excluding hydrogens is 448 g/mol. The van der Waals surface area contributed by atoms with Crippen molar-refractivity contribution < 1.29 is 19.3 Å². The molecule has 1 aromatic carbocycles. The van der Waals surface area contributed by atoms with Crippen molar-refractivity contribution in [3.8, 4) is 11.5 Å². The molecule has 4 nitrogen and oxygen atoms in total. The molecule has 7 unspecified atom stereocenters. The van der Waals surface area contributed by atoms with Gasteiger partial charge in [-0.1, -0.05) is 39.7 Å². The standard InChI is InChI=1S/C32H42O4/c1-27(2,3)28(4,33)20-15-29-11-12-31(20,35-6)26-32(29)22-21-17(9-10-19(34-5)23(21)36-26)14-30(25(22)32)18(24(29)30)13-16-7-8-16/h9-10,16,18,20,22,24-26,33H,7-8,11-15H2,1-6H3/t18-,20?,22+,24?,25-,26?,28?,29?,30-,31?,32?/m0/s1. The first kappa shape index (κ1) is 21.6. The van der Waals surface area contributed by atoms with Gasteiger partial charge in [-0.2, -0.15) is 0 Å². The third-order valence-electron chi connectivity index (χ3n) is 14.2. The molecule has 8 aliphatic carbocycles. The summed E-state index contributed by atoms with van der Waals surface area (Å²) in [5.74, 6) is 5.94. The van der Waals surface area contributed by atoms with Gasteiger partial charge < -0.3 is 19.3 Å². The van der Waals surface area contributed by atoms with Crippen molar-refractivity contribution in [2.75, 3.05) is 14.2 Å². The summed E-state index contributed by atoms with van der Waals surface area (Å²) in [7, 11) is 3.68. The predicted molar refractivity (Wildman–Crippen MR) is 136 cm³/mol. The largest absolute Gasteiger partial charge is 0.493 e. The maximum atomic E-state index is 12.3. The van der Waals surface area contributed by atoms with Crippen LogP contribution < -0.4 is 9.47 Å². The summed E-state index contributed by atoms with van der Waals surface area (Å²) in [5.41, 5.74) is 2.44. The second-order valence-electron chi connectivity index (χ2n) is 15.6. The molecule has 0 amide bonds. The molecule has 9 aliphatic rings. The summed E-state index contributed by atoms with van der Waals surface area (Å²) in [6.07, 6.45) is 8.96. The fourth-order valence-corrected chi connectivity index (χ4v) is 12.5. The minimum atomic E-state index is -0.844. The first-order valence-electron chi connectivity index (χ1n) is 14.7. The number of ether oxygens (including phenoxy) is 3. The van der Waals surface area contributed by atoms with E-state index in [1.807, 2.05) is 7.11 Å². The number of fused-ring (bicyclic) bond motifs is 2. The Morgan fingerprint density at radius 2 is 1.86 bits per heavy atom. The molecule has 1 N–H and O–H groups in total. The topological polar surface area (TPSA) is 47.9 Å². The van der Waals surface area contributed by atoms with Crippen LogP contribution in [0.1, 0.15) is 83.3 Å². The van der Waals surface area contributed by atoms with Crippen molar-refractivity contribution in [1.82, 2.24) is 0 Å². The van der Waals surface area contributed by atoms with E-state index in [0.29, 0.717) is 11.3 Å². The number of hydrogen-bond donors (Lipinski definition) is 1. The SMILES string of the molecule is COc1ccc2c3c1OC1C4(OC)CCC5(CC4C(C)(O)C(C)(C)C)C4[C@H](CC6CC6)[C@]4(C2)[C@@H]2[C@@H]3C125. The van der Waals surface area contributed by atoms with Crippen LogP contribution in [-0.2, 0) is 11.2 Å². The molecule has 10 rings (SSSR count). The average Bonchev–Trinajstić information content (AvgIpc) is 3.77. The van der Waals surface area contributed by atoms with Gasteiger partial charge in [-0.25, -0.2) is 0 Å². The van der Waals surface area contributed by atoms with E-state index < -0.39 is 11.2 Å². The Kier molecular flexibility index (Phi) is 3.42. The monoisotopic (exact) mass is 490 g/mol. The lowest BCUT2D eigenvalue weighted by molar-refractivity contribution is -0.303. The third kappa shape index (κ3) is 1.82. The van der Waals surface area contributed by atoms with Crippen LogP contribution in [0.25, 0.3) is 0 Å². The first-order valence-corrected chi connectivity index (χ1v) is 14.7. The van der Waals surface area contributed by atoms with Crippen LogP contribution >= 0.6 is 0 Å². The van der Waals surface area contributed by atoms with Gasteiger partial charge in [-0.05, 0) is 90.6 Å². The van der Waals surface area contributed by atoms with Gasteiger partial charge in [-0.3, -0.25) is 0 Å². The third-order valence-corrected chi connectivity index (χ3v) is 14.2. The molecule has 0 aromatic heterocycles. The maximum absolute atomic E-state index is 12.3. The minimum Gasteiger partial charge on any atom is -0.493 e. The highest BCUT2D eigenvalue weighted by Gasteiger charge is 3.03. The summed E-state index contributed by atoms with van der Waals surface area (Å²) in [6, 6.07) is 4.53. The van der Waals surface area contributed by atoms with Crippen molar-refractivity contribution in [3.63, 3.8) is 0 Å². The van der Waals surface area contributed by atoms with Gasteiger partial charge in [0, 0.05) is 29.9 Å². The number of methoxy groups -OCH3 is 2. The predicted octanol–water partition coefficient (Wildman–Crippen LogP) is 5.74. The Labute approximate surface area is 215 Å². The van der Waals surface area contributed by atoms with Gasteiger partial charge >= 0.3 is 0 Å². The molecule has 1 heterocycles. The van der Waals surface area contributed by atoms with E-state index in [1.54, 1.807) is 12.7 Å². The lowest BCUT2D eigenvalue weighted by Gasteiger charge is -2.69. The van der Waals surface area contributed by atoms with Crippen LogP contribution in [0.2, 0.25) is 0 Å². The van der Waals surface area contributed by atoms with Gasteiger partial charge in [0.25, 0.3) is 0 Å². The fourth-order valence-electron chi connectivity index (χ4n) is 12.5. The summed E-state index contributed by atoms with van der Waals surface area (Å²) >= 11 is 0. The Morgan fingerprint density at radius 3 is 2.53 bits per heavy atom. The highest BCUT2D eigenvalue weighted by atomic mass is 16.6. The van der Waals surface area contributed by atoms with Crippen molar-refractivity contribution in [2.24, 2.45) is 51.2 Å². The number of benzene rings is 1. The van der Waals surface area contributed by atoms with Crippen LogP contribution in [0.15, 0.2) is 12.1 Å². The van der Waals surface area contributed by atoms with Gasteiger partial charge in [-0.15, -0.1) is 0 Å². The van der Waals surface area contributed by atoms with Crippen LogP contribution in [0.3, 0.4) is 0 Å². The lowest BCUT2D eigenvalue weighted by Crippen LogP contribution is -2.75. The summed E-state index contributed by atoms with van der Waals surface area (Å²) in [4.78, 5) is 0. The van der Waals surface area contributed by atoms with Crippen molar-refractivity contribution in [1.29, 1.82) is 0 Å². The number of hydrogen-bond acceptors (Lipinski definition) is 4. The molecule has 194 valence electrons. The second-order valence-corrected chi connectivity index (χ2v) is 15.6. The molecule has 0 saturated heterocycles. The van der Waals surface area contributed by atoms with Gasteiger partial charge in [0.05, 0.1) is 12.7 Å². The summed E-state index contributed by atoms with van der Waals surface area (Å²) in [5, 5.41) is 12.3. The summed E-state index contributed by atoms with van der Waals surface area (Å²) < 4.78 is 19.9. The van der Waals surface area contributed by atoms with Crippen LogP contribution in [0.5, 0.6) is 11.5 Å². The zero-order valence-corrected chi connectivity index (χ0v) is 22.8. The number of rotatable bonds is 5. The van der Waals surface area contributed by atoms with E-state index >= 15 is 0 Å². The molecule has 7 fully saturated rings. The fraction of sp³-hybridized carbons (Fsp3) is 0.812. The molecule has 36 heavy (non-hydrogen) atoms. The Balaban J connectivity index is 1.31. The highest BCUT2D eigenvalue weighted by Crippen LogP contribution is 3.04. The van der Waals surface area contributed by atoms with Gasteiger partial charge in [0.2, 0.25) is 0 Å². The highest BCUT2D eigenvalue weighted by molar-refractivity contribution is 5.67. The minimum absolute atomic E-state index is 0.00678. The van der Waals surface area contributed by atoms with E-state index in [1.165, 1.54) is 37.7 Å². The van der Waals surface area contributed by atoms with E-state index in [9.17, 15) is 5.11 Å². The van der Waals surface area contributed by atoms with Crippen molar-refractivity contribution in [3.05, 3.63) is 23.3 Å². The molecule has 1 aliphatic heterocycles. The average molecular weight is 491 g/mol. The molecule has 3 spiro atoms. The van der Waals surface area contributed by atoms with E-state index in [4.69, 9.17) is 14.2 Å². The smallest absolute Gasteiger partial charge is 0.165 e.